The second-order valence-corrected chi connectivity index (χ2v) is 7.83. The number of fused-ring (bicyclic) bond motifs is 1. The fourth-order valence-corrected chi connectivity index (χ4v) is 4.43. The minimum absolute atomic E-state index is 0.106. The van der Waals surface area contributed by atoms with Crippen LogP contribution >= 0.6 is 0 Å². The van der Waals surface area contributed by atoms with E-state index >= 15 is 0 Å². The molecule has 6 nitrogen and oxygen atoms in total. The van der Waals surface area contributed by atoms with E-state index in [0.717, 1.165) is 25.0 Å². The van der Waals surface area contributed by atoms with Crippen LogP contribution in [0.1, 0.15) is 18.6 Å². The van der Waals surface area contributed by atoms with Crippen molar-refractivity contribution in [1.82, 2.24) is 13.9 Å². The van der Waals surface area contributed by atoms with Gasteiger partial charge in [-0.15, -0.1) is 0 Å². The Balaban J connectivity index is 1.62. The van der Waals surface area contributed by atoms with Crippen molar-refractivity contribution in [3.63, 3.8) is 0 Å². The lowest BCUT2D eigenvalue weighted by Crippen LogP contribution is -2.27. The molecule has 0 saturated carbocycles. The topological polar surface area (TPSA) is 68.3 Å². The molecule has 0 aliphatic carbocycles. The molecular formula is C16H15F2N3O3S. The first-order valence-electron chi connectivity index (χ1n) is 7.84. The van der Waals surface area contributed by atoms with Crippen LogP contribution in [0.2, 0.25) is 0 Å². The molecule has 0 unspecified atom stereocenters. The number of nitrogens with zero attached hydrogens (tertiary/aromatic N) is 3. The predicted octanol–water partition coefficient (Wildman–Crippen LogP) is 2.74. The van der Waals surface area contributed by atoms with Crippen LogP contribution in [-0.2, 0) is 16.6 Å². The molecule has 0 bridgehead atoms. The van der Waals surface area contributed by atoms with Crippen molar-refractivity contribution in [2.24, 2.45) is 0 Å². The molecule has 0 radical (unpaired) electrons. The Morgan fingerprint density at radius 3 is 2.60 bits per heavy atom. The fourth-order valence-electron chi connectivity index (χ4n) is 2.98. The largest absolute Gasteiger partial charge is 0.446 e. The summed E-state index contributed by atoms with van der Waals surface area (Å²) < 4.78 is 60.1. The van der Waals surface area contributed by atoms with E-state index in [4.69, 9.17) is 4.42 Å². The first kappa shape index (κ1) is 16.2. The van der Waals surface area contributed by atoms with Gasteiger partial charge in [0.1, 0.15) is 5.76 Å². The number of imidazole rings is 1. The molecule has 1 saturated heterocycles. The molecule has 4 rings (SSSR count). The van der Waals surface area contributed by atoms with Crippen LogP contribution in [0.15, 0.2) is 40.1 Å². The van der Waals surface area contributed by atoms with Gasteiger partial charge in [-0.05, 0) is 25.0 Å². The van der Waals surface area contributed by atoms with Gasteiger partial charge in [-0.3, -0.25) is 0 Å². The number of sulfonamides is 1. The number of rotatable bonds is 4. The third-order valence-electron chi connectivity index (χ3n) is 4.29. The van der Waals surface area contributed by atoms with Crippen LogP contribution in [0, 0.1) is 11.6 Å². The number of hydrogen-bond donors (Lipinski definition) is 0. The molecule has 1 aliphatic rings. The van der Waals surface area contributed by atoms with Gasteiger partial charge in [0.2, 0.25) is 5.09 Å². The van der Waals surface area contributed by atoms with Crippen molar-refractivity contribution in [2.75, 3.05) is 13.1 Å². The van der Waals surface area contributed by atoms with E-state index in [9.17, 15) is 17.2 Å². The van der Waals surface area contributed by atoms with E-state index in [1.165, 1.54) is 16.7 Å². The Bertz CT molecular complexity index is 1040. The maximum absolute atomic E-state index is 13.5. The summed E-state index contributed by atoms with van der Waals surface area (Å²) in [5.41, 5.74) is 0.717. The second-order valence-electron chi connectivity index (χ2n) is 5.96. The number of furan rings is 1. The average Bonchev–Trinajstić information content (AvgIpc) is 3.31. The zero-order chi connectivity index (χ0) is 17.6. The van der Waals surface area contributed by atoms with Crippen molar-refractivity contribution in [2.45, 2.75) is 24.5 Å². The standard InChI is InChI=1S/C16H15F2N3O3S/c17-12-7-14-15(8-13(12)18)20(10-19-14)9-11-3-4-16(24-11)25(22,23)21-5-1-2-6-21/h3-4,7-8,10H,1-2,5-6,9H2. The van der Waals surface area contributed by atoms with Crippen molar-refractivity contribution in [3.05, 3.63) is 48.0 Å². The van der Waals surface area contributed by atoms with Gasteiger partial charge in [0.15, 0.2) is 11.6 Å². The first-order chi connectivity index (χ1) is 11.9. The predicted molar refractivity (Wildman–Crippen MR) is 85.5 cm³/mol. The van der Waals surface area contributed by atoms with Crippen molar-refractivity contribution >= 4 is 21.1 Å². The Hall–Kier alpha value is -2.26. The number of aromatic nitrogens is 2. The lowest BCUT2D eigenvalue weighted by Gasteiger charge is -2.12. The van der Waals surface area contributed by atoms with Gasteiger partial charge in [0.05, 0.1) is 23.9 Å². The third-order valence-corrected chi connectivity index (χ3v) is 6.06. The van der Waals surface area contributed by atoms with E-state index in [0.29, 0.717) is 29.9 Å². The van der Waals surface area contributed by atoms with E-state index in [-0.39, 0.29) is 11.6 Å². The summed E-state index contributed by atoms with van der Waals surface area (Å²) in [4.78, 5) is 4.02. The van der Waals surface area contributed by atoms with E-state index < -0.39 is 21.7 Å². The second kappa shape index (κ2) is 5.92. The normalized spacial score (nSPS) is 16.1. The smallest absolute Gasteiger partial charge is 0.276 e. The van der Waals surface area contributed by atoms with Gasteiger partial charge >= 0.3 is 0 Å². The minimum atomic E-state index is -3.62. The Morgan fingerprint density at radius 2 is 1.84 bits per heavy atom. The lowest BCUT2D eigenvalue weighted by atomic mass is 10.3. The molecule has 0 spiro atoms. The summed E-state index contributed by atoms with van der Waals surface area (Å²) in [5, 5.41) is -0.106. The summed E-state index contributed by atoms with van der Waals surface area (Å²) >= 11 is 0. The molecule has 3 aromatic rings. The summed E-state index contributed by atoms with van der Waals surface area (Å²) in [6.45, 7) is 1.15. The molecule has 1 aliphatic heterocycles. The Morgan fingerprint density at radius 1 is 1.12 bits per heavy atom. The molecule has 1 aromatic carbocycles. The van der Waals surface area contributed by atoms with E-state index in [1.54, 1.807) is 10.6 Å². The SMILES string of the molecule is O=S(=O)(c1ccc(Cn2cnc3cc(F)c(F)cc32)o1)N1CCCC1. The van der Waals surface area contributed by atoms with Gasteiger partial charge in [0, 0.05) is 25.2 Å². The summed E-state index contributed by atoms with van der Waals surface area (Å²) in [6.07, 6.45) is 3.12. The molecular weight excluding hydrogens is 352 g/mol. The zero-order valence-corrected chi connectivity index (χ0v) is 14.0. The Labute approximate surface area is 142 Å². The van der Waals surface area contributed by atoms with Crippen molar-refractivity contribution < 1.29 is 21.6 Å². The highest BCUT2D eigenvalue weighted by Gasteiger charge is 2.30. The monoisotopic (exact) mass is 367 g/mol. The minimum Gasteiger partial charge on any atom is -0.446 e. The van der Waals surface area contributed by atoms with Crippen LogP contribution in [0.4, 0.5) is 8.78 Å². The van der Waals surface area contributed by atoms with E-state index in [2.05, 4.69) is 4.98 Å². The van der Waals surface area contributed by atoms with Gasteiger partial charge in [-0.25, -0.2) is 22.2 Å². The maximum Gasteiger partial charge on any atom is 0.276 e. The van der Waals surface area contributed by atoms with Crippen LogP contribution < -0.4 is 0 Å². The highest BCUT2D eigenvalue weighted by molar-refractivity contribution is 7.89. The molecule has 25 heavy (non-hydrogen) atoms. The van der Waals surface area contributed by atoms with Crippen LogP contribution in [-0.4, -0.2) is 35.4 Å². The van der Waals surface area contributed by atoms with Crippen molar-refractivity contribution in [1.29, 1.82) is 0 Å². The van der Waals surface area contributed by atoms with Gasteiger partial charge in [-0.2, -0.15) is 4.31 Å². The summed E-state index contributed by atoms with van der Waals surface area (Å²) in [5.74, 6) is -1.54. The summed E-state index contributed by atoms with van der Waals surface area (Å²) in [6, 6.07) is 5.06. The molecule has 0 amide bonds. The summed E-state index contributed by atoms with van der Waals surface area (Å²) in [7, 11) is -3.62. The third kappa shape index (κ3) is 2.83. The maximum atomic E-state index is 13.5. The highest BCUT2D eigenvalue weighted by atomic mass is 32.2. The van der Waals surface area contributed by atoms with Crippen LogP contribution in [0.25, 0.3) is 11.0 Å². The molecule has 132 valence electrons. The number of benzene rings is 1. The lowest BCUT2D eigenvalue weighted by molar-refractivity contribution is 0.385. The van der Waals surface area contributed by atoms with Gasteiger partial charge in [-0.1, -0.05) is 0 Å². The first-order valence-corrected chi connectivity index (χ1v) is 9.28. The van der Waals surface area contributed by atoms with E-state index in [1.807, 2.05) is 0 Å². The zero-order valence-electron chi connectivity index (χ0n) is 13.2. The molecule has 3 heterocycles. The quantitative estimate of drug-likeness (QED) is 0.711. The average molecular weight is 367 g/mol. The van der Waals surface area contributed by atoms with Crippen molar-refractivity contribution in [3.8, 4) is 0 Å². The molecule has 2 aromatic heterocycles. The molecule has 0 atom stereocenters. The van der Waals surface area contributed by atoms with Gasteiger partial charge in [0.25, 0.3) is 10.0 Å². The highest BCUT2D eigenvalue weighted by Crippen LogP contribution is 2.24. The number of hydrogen-bond acceptors (Lipinski definition) is 4. The van der Waals surface area contributed by atoms with Crippen LogP contribution in [0.5, 0.6) is 0 Å². The molecule has 1 fully saturated rings. The number of halogens is 2. The molecule has 0 N–H and O–H groups in total. The van der Waals surface area contributed by atoms with Crippen LogP contribution in [0.3, 0.4) is 0 Å². The molecule has 9 heteroatoms. The van der Waals surface area contributed by atoms with Gasteiger partial charge < -0.3 is 8.98 Å². The fraction of sp³-hybridized carbons (Fsp3) is 0.312. The Kier molecular flexibility index (Phi) is 3.84.